The molecule has 2 rings (SSSR count). The molecule has 2 aromatic carbocycles. The lowest BCUT2D eigenvalue weighted by molar-refractivity contribution is 0.687. The summed E-state index contributed by atoms with van der Waals surface area (Å²) in [4.78, 5) is 0. The van der Waals surface area contributed by atoms with Gasteiger partial charge in [0.05, 0.1) is 0 Å². The van der Waals surface area contributed by atoms with Crippen LogP contribution in [0.3, 0.4) is 0 Å². The molecular formula is C15H13Cl4N. The van der Waals surface area contributed by atoms with Crippen molar-refractivity contribution >= 4 is 46.4 Å². The maximum Gasteiger partial charge on any atom is 0.0453 e. The highest BCUT2D eigenvalue weighted by Crippen LogP contribution is 2.22. The lowest BCUT2D eigenvalue weighted by Gasteiger charge is -2.08. The van der Waals surface area contributed by atoms with Crippen LogP contribution in [0.5, 0.6) is 0 Å². The van der Waals surface area contributed by atoms with Crippen LogP contribution in [-0.4, -0.2) is 6.54 Å². The third-order valence-electron chi connectivity index (χ3n) is 2.91. The minimum absolute atomic E-state index is 0.650. The lowest BCUT2D eigenvalue weighted by atomic mass is 10.1. The summed E-state index contributed by atoms with van der Waals surface area (Å²) in [6.07, 6.45) is 0.828. The first kappa shape index (κ1) is 15.9. The smallest absolute Gasteiger partial charge is 0.0453 e. The molecule has 1 N–H and O–H groups in total. The Bertz CT molecular complexity index is 598. The maximum absolute atomic E-state index is 6.12. The quantitative estimate of drug-likeness (QED) is 0.690. The predicted molar refractivity (Wildman–Crippen MR) is 88.3 cm³/mol. The fourth-order valence-corrected chi connectivity index (χ4v) is 2.73. The van der Waals surface area contributed by atoms with Gasteiger partial charge in [-0.2, -0.15) is 0 Å². The van der Waals surface area contributed by atoms with Gasteiger partial charge in [0, 0.05) is 26.6 Å². The van der Waals surface area contributed by atoms with Gasteiger partial charge >= 0.3 is 0 Å². The first-order valence-corrected chi connectivity index (χ1v) is 7.66. The molecule has 0 saturated carbocycles. The molecule has 106 valence electrons. The van der Waals surface area contributed by atoms with E-state index in [2.05, 4.69) is 5.32 Å². The van der Waals surface area contributed by atoms with Crippen molar-refractivity contribution in [1.82, 2.24) is 5.32 Å². The molecule has 1 nitrogen and oxygen atoms in total. The zero-order chi connectivity index (χ0) is 14.5. The molecule has 5 heteroatoms. The molecule has 0 spiro atoms. The van der Waals surface area contributed by atoms with Crippen LogP contribution in [0.1, 0.15) is 11.1 Å². The van der Waals surface area contributed by atoms with Gasteiger partial charge in [-0.1, -0.05) is 52.5 Å². The van der Waals surface area contributed by atoms with Crippen LogP contribution >= 0.6 is 46.4 Å². The molecule has 0 fully saturated rings. The Morgan fingerprint density at radius 1 is 0.750 bits per heavy atom. The summed E-state index contributed by atoms with van der Waals surface area (Å²) in [5.41, 5.74) is 2.06. The molecule has 0 bridgehead atoms. The van der Waals surface area contributed by atoms with Crippen LogP contribution < -0.4 is 5.32 Å². The third kappa shape index (κ3) is 4.54. The predicted octanol–water partition coefficient (Wildman–Crippen LogP) is 5.63. The standard InChI is InChI=1S/C15H13Cl4N/c16-12-3-4-14(18)11(7-12)9-20-6-5-10-1-2-13(17)8-15(10)19/h1-4,7-8,20H,5-6,9H2. The Hall–Kier alpha value is -0.440. The molecule has 0 atom stereocenters. The first-order chi connectivity index (χ1) is 9.56. The van der Waals surface area contributed by atoms with Crippen LogP contribution in [0.4, 0.5) is 0 Å². The Morgan fingerprint density at radius 3 is 2.20 bits per heavy atom. The average Bonchev–Trinajstić information content (AvgIpc) is 2.40. The van der Waals surface area contributed by atoms with E-state index >= 15 is 0 Å². The summed E-state index contributed by atoms with van der Waals surface area (Å²) in [7, 11) is 0. The minimum Gasteiger partial charge on any atom is -0.312 e. The van der Waals surface area contributed by atoms with Gasteiger partial charge in [0.1, 0.15) is 0 Å². The van der Waals surface area contributed by atoms with Crippen molar-refractivity contribution in [3.05, 3.63) is 67.6 Å². The van der Waals surface area contributed by atoms with Gasteiger partial charge in [-0.15, -0.1) is 0 Å². The molecule has 0 unspecified atom stereocenters. The molecular weight excluding hydrogens is 336 g/mol. The van der Waals surface area contributed by atoms with Crippen LogP contribution in [-0.2, 0) is 13.0 Å². The Labute approximate surface area is 138 Å². The number of nitrogens with one attached hydrogen (secondary N) is 1. The van der Waals surface area contributed by atoms with E-state index in [0.717, 1.165) is 24.1 Å². The molecule has 0 saturated heterocycles. The topological polar surface area (TPSA) is 12.0 Å². The Morgan fingerprint density at radius 2 is 1.45 bits per heavy atom. The van der Waals surface area contributed by atoms with Gasteiger partial charge in [-0.25, -0.2) is 0 Å². The molecule has 0 radical (unpaired) electrons. The van der Waals surface area contributed by atoms with Crippen LogP contribution in [0, 0.1) is 0 Å². The Kier molecular flexibility index (Phi) is 6.01. The minimum atomic E-state index is 0.650. The van der Waals surface area contributed by atoms with Crippen molar-refractivity contribution in [3.8, 4) is 0 Å². The van der Waals surface area contributed by atoms with Gasteiger partial charge in [-0.3, -0.25) is 0 Å². The summed E-state index contributed by atoms with van der Waals surface area (Å²) in [5.74, 6) is 0. The highest BCUT2D eigenvalue weighted by atomic mass is 35.5. The van der Waals surface area contributed by atoms with E-state index in [1.807, 2.05) is 18.2 Å². The molecule has 2 aromatic rings. The molecule has 0 aliphatic rings. The fourth-order valence-electron chi connectivity index (χ4n) is 1.85. The van der Waals surface area contributed by atoms with Crippen LogP contribution in [0.25, 0.3) is 0 Å². The SMILES string of the molecule is Clc1ccc(CCNCc2cc(Cl)ccc2Cl)c(Cl)c1. The van der Waals surface area contributed by atoms with Gasteiger partial charge in [0.2, 0.25) is 0 Å². The second-order valence-electron chi connectivity index (χ2n) is 4.40. The monoisotopic (exact) mass is 347 g/mol. The van der Waals surface area contributed by atoms with Crippen molar-refractivity contribution in [3.63, 3.8) is 0 Å². The summed E-state index contributed by atoms with van der Waals surface area (Å²) in [6, 6.07) is 11.0. The van der Waals surface area contributed by atoms with Gasteiger partial charge in [0.25, 0.3) is 0 Å². The normalized spacial score (nSPS) is 10.8. The van der Waals surface area contributed by atoms with Crippen molar-refractivity contribution in [2.75, 3.05) is 6.54 Å². The molecule has 0 amide bonds. The Balaban J connectivity index is 1.86. The van der Waals surface area contributed by atoms with Crippen molar-refractivity contribution < 1.29 is 0 Å². The van der Waals surface area contributed by atoms with Crippen molar-refractivity contribution in [2.24, 2.45) is 0 Å². The summed E-state index contributed by atoms with van der Waals surface area (Å²) >= 11 is 24.0. The van der Waals surface area contributed by atoms with E-state index < -0.39 is 0 Å². The van der Waals surface area contributed by atoms with E-state index in [4.69, 9.17) is 46.4 Å². The average molecular weight is 349 g/mol. The van der Waals surface area contributed by atoms with E-state index in [-0.39, 0.29) is 0 Å². The first-order valence-electron chi connectivity index (χ1n) is 6.15. The maximum atomic E-state index is 6.12. The second-order valence-corrected chi connectivity index (χ2v) is 6.09. The van der Waals surface area contributed by atoms with Crippen molar-refractivity contribution in [1.29, 1.82) is 0 Å². The van der Waals surface area contributed by atoms with Crippen molar-refractivity contribution in [2.45, 2.75) is 13.0 Å². The van der Waals surface area contributed by atoms with Gasteiger partial charge < -0.3 is 5.32 Å². The summed E-state index contributed by atoms with van der Waals surface area (Å²) < 4.78 is 0. The lowest BCUT2D eigenvalue weighted by Crippen LogP contribution is -2.17. The highest BCUT2D eigenvalue weighted by Gasteiger charge is 2.03. The molecule has 20 heavy (non-hydrogen) atoms. The van der Waals surface area contributed by atoms with Gasteiger partial charge in [0.15, 0.2) is 0 Å². The fraction of sp³-hybridized carbons (Fsp3) is 0.200. The summed E-state index contributed by atoms with van der Waals surface area (Å²) in [6.45, 7) is 1.47. The number of hydrogen-bond donors (Lipinski definition) is 1. The third-order valence-corrected chi connectivity index (χ3v) is 4.10. The zero-order valence-electron chi connectivity index (χ0n) is 10.6. The van der Waals surface area contributed by atoms with E-state index in [9.17, 15) is 0 Å². The molecule has 0 aliphatic heterocycles. The van der Waals surface area contributed by atoms with Crippen LogP contribution in [0.15, 0.2) is 36.4 Å². The van der Waals surface area contributed by atoms with Crippen LogP contribution in [0.2, 0.25) is 20.1 Å². The van der Waals surface area contributed by atoms with E-state index in [1.54, 1.807) is 18.2 Å². The molecule has 0 heterocycles. The second kappa shape index (κ2) is 7.53. The highest BCUT2D eigenvalue weighted by molar-refractivity contribution is 6.35. The van der Waals surface area contributed by atoms with Gasteiger partial charge in [-0.05, 0) is 54.4 Å². The van der Waals surface area contributed by atoms with E-state index in [1.165, 1.54) is 0 Å². The number of rotatable bonds is 5. The summed E-state index contributed by atoms with van der Waals surface area (Å²) in [5, 5.41) is 6.07. The largest absolute Gasteiger partial charge is 0.312 e. The zero-order valence-corrected chi connectivity index (χ0v) is 13.6. The molecule has 0 aliphatic carbocycles. The number of halogens is 4. The number of benzene rings is 2. The number of hydrogen-bond acceptors (Lipinski definition) is 1. The molecule has 0 aromatic heterocycles. The van der Waals surface area contributed by atoms with E-state index in [0.29, 0.717) is 26.6 Å².